The van der Waals surface area contributed by atoms with Crippen molar-refractivity contribution >= 4 is 21.6 Å². The van der Waals surface area contributed by atoms with Gasteiger partial charge in [0.1, 0.15) is 6.10 Å². The predicted octanol–water partition coefficient (Wildman–Crippen LogP) is 2.06. The molecule has 1 heterocycles. The van der Waals surface area contributed by atoms with Crippen LogP contribution < -0.4 is 4.72 Å². The van der Waals surface area contributed by atoms with Gasteiger partial charge in [0.05, 0.1) is 10.6 Å². The Morgan fingerprint density at radius 2 is 2.10 bits per heavy atom. The Kier molecular flexibility index (Phi) is 4.95. The molecule has 1 aromatic carbocycles. The van der Waals surface area contributed by atoms with Gasteiger partial charge in [-0.05, 0) is 42.8 Å². The average Bonchev–Trinajstić information content (AvgIpc) is 2.45. The molecule has 0 unspecified atom stereocenters. The number of aliphatic hydroxyl groups excluding tert-OH is 1. The first-order valence-corrected chi connectivity index (χ1v) is 8.11. The van der Waals surface area contributed by atoms with Gasteiger partial charge in [-0.1, -0.05) is 17.7 Å². The Morgan fingerprint density at radius 3 is 2.71 bits per heavy atom. The summed E-state index contributed by atoms with van der Waals surface area (Å²) in [5.74, 6) is 0. The van der Waals surface area contributed by atoms with Gasteiger partial charge in [-0.25, -0.2) is 13.1 Å². The number of aryl methyl sites for hydroxylation is 1. The minimum Gasteiger partial charge on any atom is -0.385 e. The Morgan fingerprint density at radius 1 is 1.33 bits per heavy atom. The number of aromatic nitrogens is 1. The molecule has 0 fully saturated rings. The number of pyridine rings is 1. The molecule has 112 valence electrons. The Hall–Kier alpha value is -1.47. The number of nitrogens with one attached hydrogen (secondary N) is 1. The fourth-order valence-corrected chi connectivity index (χ4v) is 3.35. The van der Waals surface area contributed by atoms with Crippen molar-refractivity contribution < 1.29 is 13.5 Å². The second kappa shape index (κ2) is 6.53. The first kappa shape index (κ1) is 15.9. The smallest absolute Gasteiger partial charge is 0.240 e. The van der Waals surface area contributed by atoms with Gasteiger partial charge in [0.25, 0.3) is 0 Å². The lowest BCUT2D eigenvalue weighted by atomic mass is 10.2. The lowest BCUT2D eigenvalue weighted by Crippen LogP contribution is -2.29. The summed E-state index contributed by atoms with van der Waals surface area (Å²) in [6.45, 7) is 1.51. The normalized spacial score (nSPS) is 13.1. The Labute approximate surface area is 128 Å². The minimum absolute atomic E-state index is 0.139. The summed E-state index contributed by atoms with van der Waals surface area (Å²) in [5, 5.41) is 10.4. The van der Waals surface area contributed by atoms with E-state index in [0.717, 1.165) is 0 Å². The van der Waals surface area contributed by atoms with Crippen molar-refractivity contribution in [1.82, 2.24) is 9.71 Å². The van der Waals surface area contributed by atoms with Crippen molar-refractivity contribution in [2.45, 2.75) is 17.9 Å². The van der Waals surface area contributed by atoms with Crippen molar-refractivity contribution in [3.8, 4) is 0 Å². The summed E-state index contributed by atoms with van der Waals surface area (Å²) >= 11 is 5.81. The van der Waals surface area contributed by atoms with E-state index >= 15 is 0 Å². The zero-order chi connectivity index (χ0) is 15.5. The Balaban J connectivity index is 2.11. The maximum atomic E-state index is 12.2. The summed E-state index contributed by atoms with van der Waals surface area (Å²) in [7, 11) is -3.71. The van der Waals surface area contributed by atoms with E-state index in [1.807, 2.05) is 0 Å². The number of halogens is 1. The topological polar surface area (TPSA) is 79.3 Å². The van der Waals surface area contributed by atoms with Crippen LogP contribution in [0.3, 0.4) is 0 Å². The fraction of sp³-hybridized carbons (Fsp3) is 0.214. The van der Waals surface area contributed by atoms with Gasteiger partial charge in [0.15, 0.2) is 0 Å². The number of aliphatic hydroxyl groups is 1. The molecule has 2 aromatic rings. The van der Waals surface area contributed by atoms with Crippen LogP contribution in [0, 0.1) is 6.92 Å². The van der Waals surface area contributed by atoms with Gasteiger partial charge >= 0.3 is 0 Å². The molecule has 5 nitrogen and oxygen atoms in total. The highest BCUT2D eigenvalue weighted by atomic mass is 35.5. The molecule has 0 radical (unpaired) electrons. The van der Waals surface area contributed by atoms with Crippen LogP contribution in [0.5, 0.6) is 0 Å². The standard InChI is InChI=1S/C14H15ClN2O3S/c1-10-8-11(15)5-6-14(10)21(19,20)17-9-13(18)12-4-2-3-7-16-12/h2-8,13,17-18H,9H2,1H3/t13-/m0/s1. The maximum absolute atomic E-state index is 12.2. The van der Waals surface area contributed by atoms with Gasteiger partial charge in [0.2, 0.25) is 10.0 Å². The van der Waals surface area contributed by atoms with E-state index in [9.17, 15) is 13.5 Å². The number of hydrogen-bond donors (Lipinski definition) is 2. The minimum atomic E-state index is -3.71. The van der Waals surface area contributed by atoms with E-state index < -0.39 is 16.1 Å². The highest BCUT2D eigenvalue weighted by molar-refractivity contribution is 7.89. The van der Waals surface area contributed by atoms with Gasteiger partial charge in [-0.2, -0.15) is 0 Å². The van der Waals surface area contributed by atoms with E-state index in [1.54, 1.807) is 31.2 Å². The van der Waals surface area contributed by atoms with Crippen LogP contribution in [-0.4, -0.2) is 25.1 Å². The molecule has 0 aliphatic heterocycles. The van der Waals surface area contributed by atoms with Crippen molar-refractivity contribution in [2.24, 2.45) is 0 Å². The molecule has 7 heteroatoms. The summed E-state index contributed by atoms with van der Waals surface area (Å²) in [4.78, 5) is 4.12. The zero-order valence-electron chi connectivity index (χ0n) is 11.3. The molecule has 0 saturated heterocycles. The first-order valence-electron chi connectivity index (χ1n) is 6.25. The monoisotopic (exact) mass is 326 g/mol. The van der Waals surface area contributed by atoms with Crippen LogP contribution in [0.25, 0.3) is 0 Å². The van der Waals surface area contributed by atoms with E-state index in [2.05, 4.69) is 9.71 Å². The van der Waals surface area contributed by atoms with E-state index in [4.69, 9.17) is 11.6 Å². The zero-order valence-corrected chi connectivity index (χ0v) is 12.9. The third kappa shape index (κ3) is 4.01. The van der Waals surface area contributed by atoms with Crippen LogP contribution in [-0.2, 0) is 10.0 Å². The number of rotatable bonds is 5. The number of benzene rings is 1. The lowest BCUT2D eigenvalue weighted by molar-refractivity contribution is 0.177. The SMILES string of the molecule is Cc1cc(Cl)ccc1S(=O)(=O)NC[C@H](O)c1ccccn1. The molecule has 2 N–H and O–H groups in total. The number of hydrogen-bond acceptors (Lipinski definition) is 4. The van der Waals surface area contributed by atoms with Crippen LogP contribution in [0.15, 0.2) is 47.5 Å². The van der Waals surface area contributed by atoms with Gasteiger partial charge < -0.3 is 5.11 Å². The quantitative estimate of drug-likeness (QED) is 0.881. The van der Waals surface area contributed by atoms with E-state index in [1.165, 1.54) is 18.3 Å². The highest BCUT2D eigenvalue weighted by Crippen LogP contribution is 2.20. The molecule has 0 amide bonds. The van der Waals surface area contributed by atoms with Crippen molar-refractivity contribution in [2.75, 3.05) is 6.54 Å². The molecule has 1 atom stereocenters. The van der Waals surface area contributed by atoms with Gasteiger partial charge in [0, 0.05) is 17.8 Å². The molecule has 1 aromatic heterocycles. The second-order valence-corrected chi connectivity index (χ2v) is 6.70. The maximum Gasteiger partial charge on any atom is 0.240 e. The van der Waals surface area contributed by atoms with Crippen LogP contribution in [0.4, 0.5) is 0 Å². The van der Waals surface area contributed by atoms with Crippen molar-refractivity contribution in [3.63, 3.8) is 0 Å². The summed E-state index contributed by atoms with van der Waals surface area (Å²) in [6.07, 6.45) is 0.532. The van der Waals surface area contributed by atoms with E-state index in [-0.39, 0.29) is 11.4 Å². The third-order valence-electron chi connectivity index (χ3n) is 2.92. The molecule has 0 bridgehead atoms. The number of sulfonamides is 1. The average molecular weight is 327 g/mol. The largest absolute Gasteiger partial charge is 0.385 e. The highest BCUT2D eigenvalue weighted by Gasteiger charge is 2.19. The molecular weight excluding hydrogens is 312 g/mol. The molecule has 21 heavy (non-hydrogen) atoms. The van der Waals surface area contributed by atoms with E-state index in [0.29, 0.717) is 16.3 Å². The molecular formula is C14H15ClN2O3S. The van der Waals surface area contributed by atoms with Gasteiger partial charge in [-0.15, -0.1) is 0 Å². The van der Waals surface area contributed by atoms with Crippen LogP contribution in [0.2, 0.25) is 5.02 Å². The van der Waals surface area contributed by atoms with Gasteiger partial charge in [-0.3, -0.25) is 4.98 Å². The Bertz CT molecular complexity index is 720. The first-order chi connectivity index (χ1) is 9.90. The number of nitrogens with zero attached hydrogens (tertiary/aromatic N) is 1. The van der Waals surface area contributed by atoms with Crippen LogP contribution >= 0.6 is 11.6 Å². The molecule has 0 aliphatic rings. The summed E-state index contributed by atoms with van der Waals surface area (Å²) in [5.41, 5.74) is 0.954. The van der Waals surface area contributed by atoms with Crippen LogP contribution in [0.1, 0.15) is 17.4 Å². The van der Waals surface area contributed by atoms with Crippen molar-refractivity contribution in [3.05, 3.63) is 58.9 Å². The predicted molar refractivity (Wildman–Crippen MR) is 80.6 cm³/mol. The molecule has 0 aliphatic carbocycles. The summed E-state index contributed by atoms with van der Waals surface area (Å²) in [6, 6.07) is 9.60. The molecule has 0 spiro atoms. The summed E-state index contributed by atoms with van der Waals surface area (Å²) < 4.78 is 26.8. The fourth-order valence-electron chi connectivity index (χ4n) is 1.86. The third-order valence-corrected chi connectivity index (χ3v) is 4.74. The lowest BCUT2D eigenvalue weighted by Gasteiger charge is -2.13. The molecule has 0 saturated carbocycles. The second-order valence-electron chi connectivity index (χ2n) is 4.53. The molecule has 2 rings (SSSR count). The van der Waals surface area contributed by atoms with Crippen molar-refractivity contribution in [1.29, 1.82) is 0 Å².